The summed E-state index contributed by atoms with van der Waals surface area (Å²) in [5, 5.41) is 13.0. The lowest BCUT2D eigenvalue weighted by Crippen LogP contribution is -2.36. The molecule has 0 bridgehead atoms. The molecule has 30 heavy (non-hydrogen) atoms. The Labute approximate surface area is 181 Å². The Bertz CT molecular complexity index is 1090. The highest BCUT2D eigenvalue weighted by atomic mass is 32.2. The Hall–Kier alpha value is -2.21. The summed E-state index contributed by atoms with van der Waals surface area (Å²) in [5.74, 6) is -0.403. The summed E-state index contributed by atoms with van der Waals surface area (Å²) in [6, 6.07) is 8.27. The third-order valence-corrected chi connectivity index (χ3v) is 8.57. The second kappa shape index (κ2) is 8.88. The summed E-state index contributed by atoms with van der Waals surface area (Å²) in [7, 11) is -3.68. The molecule has 0 radical (unpaired) electrons. The maximum absolute atomic E-state index is 12.8. The van der Waals surface area contributed by atoms with Gasteiger partial charge in [-0.3, -0.25) is 4.79 Å². The maximum Gasteiger partial charge on any atom is 0.256 e. The number of carbonyl (C=O) groups excluding carboxylic acids is 1. The van der Waals surface area contributed by atoms with Crippen molar-refractivity contribution in [3.63, 3.8) is 0 Å². The number of hydrogen-bond donors (Lipinski definition) is 2. The van der Waals surface area contributed by atoms with E-state index in [9.17, 15) is 18.5 Å². The Kier molecular flexibility index (Phi) is 6.23. The van der Waals surface area contributed by atoms with Crippen LogP contribution in [0, 0.1) is 11.3 Å². The highest BCUT2D eigenvalue weighted by Crippen LogP contribution is 2.37. The van der Waals surface area contributed by atoms with Gasteiger partial charge >= 0.3 is 0 Å². The Balaban J connectivity index is 1.53. The first-order valence-electron chi connectivity index (χ1n) is 10.5. The topological polar surface area (TPSA) is 99.1 Å². The van der Waals surface area contributed by atoms with E-state index in [2.05, 4.69) is 16.1 Å². The number of carbonyl (C=O) groups is 1. The molecule has 1 saturated carbocycles. The molecule has 4 rings (SSSR count). The summed E-state index contributed by atoms with van der Waals surface area (Å²) < 4.78 is 28.3. The molecule has 0 saturated heterocycles. The first kappa shape index (κ1) is 21.0. The van der Waals surface area contributed by atoms with Crippen molar-refractivity contribution in [2.45, 2.75) is 68.7 Å². The predicted molar refractivity (Wildman–Crippen MR) is 117 cm³/mol. The first-order chi connectivity index (χ1) is 14.5. The van der Waals surface area contributed by atoms with Crippen molar-refractivity contribution < 1.29 is 13.2 Å². The van der Waals surface area contributed by atoms with Crippen LogP contribution in [0.15, 0.2) is 29.2 Å². The van der Waals surface area contributed by atoms with E-state index in [1.54, 1.807) is 12.1 Å². The molecule has 1 aromatic heterocycles. The zero-order valence-corrected chi connectivity index (χ0v) is 18.4. The number of sulfonamides is 1. The Morgan fingerprint density at radius 3 is 2.63 bits per heavy atom. The molecular weight excluding hydrogens is 418 g/mol. The third kappa shape index (κ3) is 4.43. The molecular formula is C22H25N3O3S2. The van der Waals surface area contributed by atoms with Gasteiger partial charge in [-0.05, 0) is 62.3 Å². The monoisotopic (exact) mass is 443 g/mol. The molecule has 1 amide bonds. The zero-order chi connectivity index (χ0) is 21.1. The molecule has 0 unspecified atom stereocenters. The maximum atomic E-state index is 12.8. The number of rotatable bonds is 5. The Morgan fingerprint density at radius 2 is 1.87 bits per heavy atom. The minimum Gasteiger partial charge on any atom is -0.312 e. The molecule has 0 spiro atoms. The number of amides is 1. The van der Waals surface area contributed by atoms with Crippen molar-refractivity contribution >= 4 is 32.3 Å². The van der Waals surface area contributed by atoms with Gasteiger partial charge in [-0.1, -0.05) is 25.3 Å². The van der Waals surface area contributed by atoms with Gasteiger partial charge in [-0.25, -0.2) is 13.1 Å². The summed E-state index contributed by atoms with van der Waals surface area (Å²) in [5.41, 5.74) is 1.86. The minimum absolute atomic E-state index is 0.0446. The van der Waals surface area contributed by atoms with Gasteiger partial charge in [-0.15, -0.1) is 11.3 Å². The molecule has 2 aliphatic carbocycles. The van der Waals surface area contributed by atoms with Gasteiger partial charge in [0.2, 0.25) is 10.0 Å². The van der Waals surface area contributed by atoms with Gasteiger partial charge in [0, 0.05) is 16.5 Å². The number of thiophene rings is 1. The van der Waals surface area contributed by atoms with Gasteiger partial charge in [0.05, 0.1) is 10.5 Å². The smallest absolute Gasteiger partial charge is 0.256 e. The molecule has 1 fully saturated rings. The molecule has 2 aromatic rings. The van der Waals surface area contributed by atoms with Crippen LogP contribution in [-0.4, -0.2) is 20.4 Å². The fourth-order valence-electron chi connectivity index (χ4n) is 4.26. The van der Waals surface area contributed by atoms with Crippen LogP contribution in [0.25, 0.3) is 0 Å². The van der Waals surface area contributed by atoms with E-state index in [0.29, 0.717) is 10.6 Å². The normalized spacial score (nSPS) is 17.2. The fraction of sp³-hybridized carbons (Fsp3) is 0.455. The lowest BCUT2D eigenvalue weighted by molar-refractivity contribution is 0.102. The van der Waals surface area contributed by atoms with E-state index < -0.39 is 15.9 Å². The van der Waals surface area contributed by atoms with E-state index in [0.717, 1.165) is 63.4 Å². The summed E-state index contributed by atoms with van der Waals surface area (Å²) >= 11 is 1.46. The standard InChI is InChI=1S/C22H25N3O3S2/c23-14-19-18-11-4-5-12-20(18)29-22(19)24-21(26)15-7-6-10-17(13-15)30(27,28)25-16-8-2-1-3-9-16/h6-7,10,13,16,25H,1-5,8-9,11-12H2,(H,24,26). The van der Waals surface area contributed by atoms with E-state index in [1.165, 1.54) is 28.3 Å². The predicted octanol–water partition coefficient (Wildman–Crippen LogP) is 4.36. The fourth-order valence-corrected chi connectivity index (χ4v) is 6.85. The number of nitriles is 1. The van der Waals surface area contributed by atoms with Crippen molar-refractivity contribution in [2.24, 2.45) is 0 Å². The van der Waals surface area contributed by atoms with E-state index >= 15 is 0 Å². The average molecular weight is 444 g/mol. The quantitative estimate of drug-likeness (QED) is 0.717. The molecule has 1 aromatic carbocycles. The highest BCUT2D eigenvalue weighted by molar-refractivity contribution is 7.89. The van der Waals surface area contributed by atoms with Crippen molar-refractivity contribution in [3.05, 3.63) is 45.8 Å². The third-order valence-electron chi connectivity index (χ3n) is 5.84. The van der Waals surface area contributed by atoms with Crippen molar-refractivity contribution in [1.29, 1.82) is 5.26 Å². The molecule has 158 valence electrons. The van der Waals surface area contributed by atoms with E-state index in [1.807, 2.05) is 0 Å². The van der Waals surface area contributed by atoms with E-state index in [-0.39, 0.29) is 16.5 Å². The molecule has 2 N–H and O–H groups in total. The number of fused-ring (bicyclic) bond motifs is 1. The van der Waals surface area contributed by atoms with Gasteiger partial charge in [0.15, 0.2) is 0 Å². The van der Waals surface area contributed by atoms with Crippen LogP contribution in [-0.2, 0) is 22.9 Å². The van der Waals surface area contributed by atoms with E-state index in [4.69, 9.17) is 0 Å². The van der Waals surface area contributed by atoms with Crippen molar-refractivity contribution in [3.8, 4) is 6.07 Å². The molecule has 6 nitrogen and oxygen atoms in total. The number of hydrogen-bond acceptors (Lipinski definition) is 5. The Morgan fingerprint density at radius 1 is 1.10 bits per heavy atom. The highest BCUT2D eigenvalue weighted by Gasteiger charge is 2.24. The van der Waals surface area contributed by atoms with Crippen LogP contribution in [0.1, 0.15) is 71.3 Å². The van der Waals surface area contributed by atoms with Gasteiger partial charge in [0.1, 0.15) is 11.1 Å². The number of nitrogens with one attached hydrogen (secondary N) is 2. The molecule has 0 atom stereocenters. The van der Waals surface area contributed by atoms with Crippen LogP contribution >= 0.6 is 11.3 Å². The molecule has 8 heteroatoms. The number of aryl methyl sites for hydroxylation is 1. The second-order valence-corrected chi connectivity index (χ2v) is 10.8. The van der Waals surface area contributed by atoms with Crippen molar-refractivity contribution in [2.75, 3.05) is 5.32 Å². The molecule has 2 aliphatic rings. The summed E-state index contributed by atoms with van der Waals surface area (Å²) in [6.45, 7) is 0. The molecule has 1 heterocycles. The van der Waals surface area contributed by atoms with Crippen LogP contribution in [0.5, 0.6) is 0 Å². The van der Waals surface area contributed by atoms with Crippen LogP contribution in [0.3, 0.4) is 0 Å². The number of benzene rings is 1. The van der Waals surface area contributed by atoms with Gasteiger partial charge in [0.25, 0.3) is 5.91 Å². The zero-order valence-electron chi connectivity index (χ0n) is 16.7. The van der Waals surface area contributed by atoms with Crippen LogP contribution in [0.2, 0.25) is 0 Å². The van der Waals surface area contributed by atoms with Gasteiger partial charge in [-0.2, -0.15) is 5.26 Å². The molecule has 0 aliphatic heterocycles. The summed E-state index contributed by atoms with van der Waals surface area (Å²) in [4.78, 5) is 14.1. The first-order valence-corrected chi connectivity index (χ1v) is 12.8. The SMILES string of the molecule is N#Cc1c(NC(=O)c2cccc(S(=O)(=O)NC3CCCCC3)c2)sc2c1CCCC2. The largest absolute Gasteiger partial charge is 0.312 e. The van der Waals surface area contributed by atoms with Crippen molar-refractivity contribution in [1.82, 2.24) is 4.72 Å². The van der Waals surface area contributed by atoms with Gasteiger partial charge < -0.3 is 5.32 Å². The average Bonchev–Trinajstić information content (AvgIpc) is 3.11. The second-order valence-electron chi connectivity index (χ2n) is 7.97. The number of nitrogens with zero attached hydrogens (tertiary/aromatic N) is 1. The summed E-state index contributed by atoms with van der Waals surface area (Å²) in [6.07, 6.45) is 8.85. The van der Waals surface area contributed by atoms with Crippen LogP contribution < -0.4 is 10.0 Å². The lowest BCUT2D eigenvalue weighted by atomic mass is 9.96. The lowest BCUT2D eigenvalue weighted by Gasteiger charge is -2.22. The number of anilines is 1. The minimum atomic E-state index is -3.68. The van der Waals surface area contributed by atoms with Crippen LogP contribution in [0.4, 0.5) is 5.00 Å².